The summed E-state index contributed by atoms with van der Waals surface area (Å²) in [5, 5.41) is 8.26. The van der Waals surface area contributed by atoms with Gasteiger partial charge in [0.2, 0.25) is 5.91 Å². The monoisotopic (exact) mass is 480 g/mol. The number of likely N-dealkylation sites (tertiary alicyclic amines) is 1. The molecule has 2 amide bonds. The van der Waals surface area contributed by atoms with Crippen LogP contribution in [0.15, 0.2) is 53.1 Å². The molecule has 2 aromatic heterocycles. The molecule has 3 aromatic rings. The maximum absolute atomic E-state index is 13.1. The van der Waals surface area contributed by atoms with Gasteiger partial charge in [0.1, 0.15) is 5.69 Å². The number of furan rings is 1. The van der Waals surface area contributed by atoms with Crippen molar-refractivity contribution in [1.29, 1.82) is 0 Å². The first-order valence-electron chi connectivity index (χ1n) is 12.1. The SMILES string of the molecule is O=C(NC1CCN(C(=O)C2CCCCC2)CC1)c1cc(-c2ccco2)n(-c2cccc(Cl)c2)n1. The molecule has 7 nitrogen and oxygen atoms in total. The Labute approximate surface area is 204 Å². The Kier molecular flexibility index (Phi) is 6.72. The number of hydrogen-bond acceptors (Lipinski definition) is 4. The Morgan fingerprint density at radius 2 is 1.79 bits per heavy atom. The molecule has 34 heavy (non-hydrogen) atoms. The molecule has 0 spiro atoms. The van der Waals surface area contributed by atoms with Crippen LogP contribution in [-0.4, -0.2) is 45.6 Å². The van der Waals surface area contributed by atoms with Crippen LogP contribution in [0.25, 0.3) is 17.1 Å². The number of aromatic nitrogens is 2. The summed E-state index contributed by atoms with van der Waals surface area (Å²) in [4.78, 5) is 27.9. The van der Waals surface area contributed by atoms with Gasteiger partial charge in [0.25, 0.3) is 5.91 Å². The Morgan fingerprint density at radius 3 is 2.50 bits per heavy atom. The van der Waals surface area contributed by atoms with Gasteiger partial charge in [-0.2, -0.15) is 5.10 Å². The molecule has 1 aliphatic heterocycles. The van der Waals surface area contributed by atoms with E-state index in [1.165, 1.54) is 6.42 Å². The quantitative estimate of drug-likeness (QED) is 0.551. The van der Waals surface area contributed by atoms with Gasteiger partial charge in [0, 0.05) is 36.1 Å². The fourth-order valence-corrected chi connectivity index (χ4v) is 5.19. The summed E-state index contributed by atoms with van der Waals surface area (Å²) < 4.78 is 7.25. The largest absolute Gasteiger partial charge is 0.463 e. The molecule has 2 aliphatic rings. The fraction of sp³-hybridized carbons (Fsp3) is 0.423. The van der Waals surface area contributed by atoms with Crippen LogP contribution in [0, 0.1) is 5.92 Å². The molecule has 1 N–H and O–H groups in total. The van der Waals surface area contributed by atoms with Gasteiger partial charge in [-0.1, -0.05) is 36.9 Å². The van der Waals surface area contributed by atoms with Crippen LogP contribution in [0.5, 0.6) is 0 Å². The number of nitrogens with one attached hydrogen (secondary N) is 1. The van der Waals surface area contributed by atoms with E-state index >= 15 is 0 Å². The zero-order chi connectivity index (χ0) is 23.5. The van der Waals surface area contributed by atoms with Crippen LogP contribution >= 0.6 is 11.6 Å². The second kappa shape index (κ2) is 10.1. The van der Waals surface area contributed by atoms with Crippen molar-refractivity contribution >= 4 is 23.4 Å². The van der Waals surface area contributed by atoms with E-state index in [2.05, 4.69) is 10.4 Å². The molecule has 1 saturated carbocycles. The maximum atomic E-state index is 13.1. The molecular formula is C26H29ClN4O3. The van der Waals surface area contributed by atoms with Gasteiger partial charge < -0.3 is 14.6 Å². The molecule has 2 fully saturated rings. The first-order valence-corrected chi connectivity index (χ1v) is 12.5. The normalized spacial score (nSPS) is 17.6. The lowest BCUT2D eigenvalue weighted by atomic mass is 9.87. The number of nitrogens with zero attached hydrogens (tertiary/aromatic N) is 3. The Balaban J connectivity index is 1.26. The summed E-state index contributed by atoms with van der Waals surface area (Å²) in [5.74, 6) is 0.870. The summed E-state index contributed by atoms with van der Waals surface area (Å²) in [6.45, 7) is 1.38. The lowest BCUT2D eigenvalue weighted by Crippen LogP contribution is -2.48. The second-order valence-corrected chi connectivity index (χ2v) is 9.63. The molecular weight excluding hydrogens is 452 g/mol. The number of rotatable bonds is 5. The smallest absolute Gasteiger partial charge is 0.272 e. The van der Waals surface area contributed by atoms with Gasteiger partial charge in [0.05, 0.1) is 12.0 Å². The highest BCUT2D eigenvalue weighted by Gasteiger charge is 2.30. The van der Waals surface area contributed by atoms with Crippen LogP contribution in [-0.2, 0) is 4.79 Å². The molecule has 0 atom stereocenters. The molecule has 8 heteroatoms. The van der Waals surface area contributed by atoms with Crippen molar-refractivity contribution in [2.45, 2.75) is 51.0 Å². The predicted molar refractivity (Wildman–Crippen MR) is 130 cm³/mol. The van der Waals surface area contributed by atoms with Crippen LogP contribution < -0.4 is 5.32 Å². The Morgan fingerprint density at radius 1 is 1.00 bits per heavy atom. The van der Waals surface area contributed by atoms with E-state index in [1.807, 2.05) is 23.1 Å². The van der Waals surface area contributed by atoms with Crippen molar-refractivity contribution in [3.05, 3.63) is 59.4 Å². The van der Waals surface area contributed by atoms with Gasteiger partial charge in [-0.3, -0.25) is 9.59 Å². The molecule has 5 rings (SSSR count). The zero-order valence-electron chi connectivity index (χ0n) is 19.1. The molecule has 3 heterocycles. The Hall–Kier alpha value is -3.06. The number of carbonyl (C=O) groups excluding carboxylic acids is 2. The van der Waals surface area contributed by atoms with E-state index in [-0.39, 0.29) is 17.9 Å². The number of carbonyl (C=O) groups is 2. The highest BCUT2D eigenvalue weighted by molar-refractivity contribution is 6.30. The third kappa shape index (κ3) is 4.89. The fourth-order valence-electron chi connectivity index (χ4n) is 5.01. The van der Waals surface area contributed by atoms with E-state index in [0.29, 0.717) is 41.2 Å². The molecule has 0 bridgehead atoms. The number of halogens is 1. The first-order chi connectivity index (χ1) is 16.6. The molecule has 0 unspecified atom stereocenters. The lowest BCUT2D eigenvalue weighted by molar-refractivity contribution is -0.137. The van der Waals surface area contributed by atoms with Gasteiger partial charge in [0.15, 0.2) is 11.5 Å². The zero-order valence-corrected chi connectivity index (χ0v) is 19.8. The summed E-state index contributed by atoms with van der Waals surface area (Å²) in [6, 6.07) is 12.7. The molecule has 178 valence electrons. The Bertz CT molecular complexity index is 1140. The molecule has 1 aromatic carbocycles. The minimum atomic E-state index is -0.231. The minimum absolute atomic E-state index is 0.0197. The van der Waals surface area contributed by atoms with Crippen molar-refractivity contribution in [3.63, 3.8) is 0 Å². The highest BCUT2D eigenvalue weighted by atomic mass is 35.5. The van der Waals surface area contributed by atoms with E-state index in [0.717, 1.165) is 44.2 Å². The molecule has 0 radical (unpaired) electrons. The highest BCUT2D eigenvalue weighted by Crippen LogP contribution is 2.28. The number of amides is 2. The first kappa shape index (κ1) is 22.7. The molecule has 1 saturated heterocycles. The maximum Gasteiger partial charge on any atom is 0.272 e. The third-order valence-electron chi connectivity index (χ3n) is 6.86. The lowest BCUT2D eigenvalue weighted by Gasteiger charge is -2.35. The van der Waals surface area contributed by atoms with Crippen LogP contribution in [0.1, 0.15) is 55.4 Å². The van der Waals surface area contributed by atoms with Crippen molar-refractivity contribution in [1.82, 2.24) is 20.0 Å². The summed E-state index contributed by atoms with van der Waals surface area (Å²) >= 11 is 6.18. The summed E-state index contributed by atoms with van der Waals surface area (Å²) in [5.41, 5.74) is 1.73. The van der Waals surface area contributed by atoms with Crippen LogP contribution in [0.4, 0.5) is 0 Å². The van der Waals surface area contributed by atoms with Gasteiger partial charge in [-0.05, 0) is 56.0 Å². The predicted octanol–water partition coefficient (Wildman–Crippen LogP) is 5.09. The minimum Gasteiger partial charge on any atom is -0.463 e. The van der Waals surface area contributed by atoms with Crippen molar-refractivity contribution in [2.24, 2.45) is 5.92 Å². The number of hydrogen-bond donors (Lipinski definition) is 1. The standard InChI is InChI=1S/C26H29ClN4O3/c27-19-8-4-9-21(16-19)31-23(24-10-5-15-34-24)17-22(29-31)25(32)28-20-11-13-30(14-12-20)26(33)18-6-2-1-3-7-18/h4-5,8-10,15-18,20H,1-3,6-7,11-14H2,(H,28,32). The van der Waals surface area contributed by atoms with Crippen LogP contribution in [0.2, 0.25) is 5.02 Å². The average Bonchev–Trinajstić information content (AvgIpc) is 3.55. The van der Waals surface area contributed by atoms with Crippen molar-refractivity contribution in [3.8, 4) is 17.1 Å². The molecule has 1 aliphatic carbocycles. The van der Waals surface area contributed by atoms with Crippen molar-refractivity contribution in [2.75, 3.05) is 13.1 Å². The van der Waals surface area contributed by atoms with E-state index in [4.69, 9.17) is 16.0 Å². The number of piperidine rings is 1. The van der Waals surface area contributed by atoms with Crippen LogP contribution in [0.3, 0.4) is 0 Å². The van der Waals surface area contributed by atoms with Gasteiger partial charge in [-0.25, -0.2) is 4.68 Å². The summed E-state index contributed by atoms with van der Waals surface area (Å²) in [7, 11) is 0. The van der Waals surface area contributed by atoms with E-state index in [9.17, 15) is 9.59 Å². The van der Waals surface area contributed by atoms with E-state index in [1.54, 1.807) is 35.2 Å². The second-order valence-electron chi connectivity index (χ2n) is 9.19. The average molecular weight is 481 g/mol. The summed E-state index contributed by atoms with van der Waals surface area (Å²) in [6.07, 6.45) is 8.69. The van der Waals surface area contributed by atoms with Gasteiger partial charge >= 0.3 is 0 Å². The van der Waals surface area contributed by atoms with E-state index < -0.39 is 0 Å². The third-order valence-corrected chi connectivity index (χ3v) is 7.10. The van der Waals surface area contributed by atoms with Gasteiger partial charge in [-0.15, -0.1) is 0 Å². The topological polar surface area (TPSA) is 80.4 Å². The number of benzene rings is 1. The van der Waals surface area contributed by atoms with Crippen molar-refractivity contribution < 1.29 is 14.0 Å².